The highest BCUT2D eigenvalue weighted by Crippen LogP contribution is 2.44. The highest BCUT2D eigenvalue weighted by atomic mass is 32.2. The number of nitrogens with zero attached hydrogens (tertiary/aromatic N) is 1. The molecule has 10 heteroatoms. The van der Waals surface area contributed by atoms with Gasteiger partial charge in [-0.2, -0.15) is 8.42 Å². The summed E-state index contributed by atoms with van der Waals surface area (Å²) in [5.74, 6) is -0.213. The van der Waals surface area contributed by atoms with Gasteiger partial charge in [0.15, 0.2) is 11.6 Å². The molecule has 2 aromatic rings. The molecule has 224 valence electrons. The summed E-state index contributed by atoms with van der Waals surface area (Å²) in [6.45, 7) is 7.05. The molecular weight excluding hydrogens is 554 g/mol. The predicted octanol–water partition coefficient (Wildman–Crippen LogP) is 7.11. The lowest BCUT2D eigenvalue weighted by Crippen LogP contribution is -2.42. The SMILES string of the molecule is CC(C)(C)OC(=O)Nc1ccc2c(c1)S(=O)(=O)N=C(C1=C(O)c3ccccc3C(C)(CCCC3CCCCC3)C1=O)N2. The van der Waals surface area contributed by atoms with Crippen LogP contribution in [0.4, 0.5) is 16.2 Å². The van der Waals surface area contributed by atoms with Crippen LogP contribution in [0.3, 0.4) is 0 Å². The number of aliphatic hydroxyl groups excluding tert-OH is 1. The van der Waals surface area contributed by atoms with Gasteiger partial charge in [0.2, 0.25) is 0 Å². The molecule has 3 aliphatic rings. The summed E-state index contributed by atoms with van der Waals surface area (Å²) < 4.78 is 35.9. The lowest BCUT2D eigenvalue weighted by Gasteiger charge is -2.36. The molecule has 3 N–H and O–H groups in total. The van der Waals surface area contributed by atoms with Gasteiger partial charge >= 0.3 is 6.09 Å². The summed E-state index contributed by atoms with van der Waals surface area (Å²) >= 11 is 0. The number of carbonyl (C=O) groups excluding carboxylic acids is 2. The van der Waals surface area contributed by atoms with E-state index >= 15 is 0 Å². The van der Waals surface area contributed by atoms with Crippen LogP contribution in [0.15, 0.2) is 57.3 Å². The fourth-order valence-corrected chi connectivity index (χ4v) is 7.41. The van der Waals surface area contributed by atoms with Crippen LogP contribution in [0.5, 0.6) is 0 Å². The number of nitrogens with one attached hydrogen (secondary N) is 2. The standard InChI is InChI=1S/C32H39N3O6S/c1-31(2,3)41-30(38)33-21-16-17-24-25(19-21)42(39,40)35-29(34-24)26-27(36)22-14-8-9-15-23(22)32(4,28(26)37)18-10-13-20-11-6-5-7-12-20/h8-9,14-17,19-20,36H,5-7,10-13,18H2,1-4H3,(H,33,38)(H,34,35). The Labute approximate surface area is 247 Å². The normalized spacial score (nSPS) is 22.0. The monoisotopic (exact) mass is 593 g/mol. The maximum Gasteiger partial charge on any atom is 0.412 e. The zero-order valence-electron chi connectivity index (χ0n) is 24.6. The maximum atomic E-state index is 14.2. The molecule has 1 amide bonds. The third-order valence-corrected chi connectivity index (χ3v) is 9.68. The number of carbonyl (C=O) groups is 2. The number of aliphatic hydroxyl groups is 1. The van der Waals surface area contributed by atoms with Gasteiger partial charge in [-0.05, 0) is 63.8 Å². The van der Waals surface area contributed by atoms with Crippen molar-refractivity contribution in [1.82, 2.24) is 0 Å². The van der Waals surface area contributed by atoms with Gasteiger partial charge in [0, 0.05) is 11.3 Å². The number of amides is 1. The summed E-state index contributed by atoms with van der Waals surface area (Å²) in [7, 11) is -4.29. The minimum absolute atomic E-state index is 0.140. The highest BCUT2D eigenvalue weighted by Gasteiger charge is 2.46. The van der Waals surface area contributed by atoms with E-state index in [0.717, 1.165) is 18.4 Å². The number of hydrogen-bond acceptors (Lipinski definition) is 7. The van der Waals surface area contributed by atoms with Gasteiger partial charge in [-0.3, -0.25) is 10.1 Å². The summed E-state index contributed by atoms with van der Waals surface area (Å²) in [6.07, 6.45) is 7.98. The minimum Gasteiger partial charge on any atom is -0.506 e. The first-order chi connectivity index (χ1) is 19.8. The van der Waals surface area contributed by atoms with Crippen molar-refractivity contribution in [2.45, 2.75) is 95.0 Å². The Balaban J connectivity index is 1.45. The first-order valence-corrected chi connectivity index (χ1v) is 16.1. The van der Waals surface area contributed by atoms with E-state index in [9.17, 15) is 23.1 Å². The van der Waals surface area contributed by atoms with Crippen LogP contribution in [0.2, 0.25) is 0 Å². The van der Waals surface area contributed by atoms with Crippen molar-refractivity contribution in [2.75, 3.05) is 10.6 Å². The van der Waals surface area contributed by atoms with Gasteiger partial charge in [-0.1, -0.05) is 69.2 Å². The maximum absolute atomic E-state index is 14.2. The van der Waals surface area contributed by atoms with Crippen molar-refractivity contribution in [2.24, 2.45) is 10.3 Å². The van der Waals surface area contributed by atoms with Crippen molar-refractivity contribution < 1.29 is 27.9 Å². The number of ketones is 1. The van der Waals surface area contributed by atoms with E-state index in [1.54, 1.807) is 32.9 Å². The summed E-state index contributed by atoms with van der Waals surface area (Å²) in [6, 6.07) is 11.5. The fraction of sp³-hybridized carbons (Fsp3) is 0.469. The molecule has 5 rings (SSSR count). The topological polar surface area (TPSA) is 134 Å². The lowest BCUT2D eigenvalue weighted by atomic mass is 9.66. The molecule has 1 atom stereocenters. The molecule has 1 aliphatic heterocycles. The Kier molecular flexibility index (Phi) is 7.96. The molecule has 1 fully saturated rings. The molecule has 0 aromatic heterocycles. The van der Waals surface area contributed by atoms with Crippen LogP contribution in [0.25, 0.3) is 5.76 Å². The van der Waals surface area contributed by atoms with Crippen LogP contribution in [0, 0.1) is 5.92 Å². The quantitative estimate of drug-likeness (QED) is 0.325. The third-order valence-electron chi connectivity index (χ3n) is 8.36. The van der Waals surface area contributed by atoms with E-state index < -0.39 is 27.1 Å². The number of ether oxygens (including phenoxy) is 1. The van der Waals surface area contributed by atoms with Crippen molar-refractivity contribution in [3.05, 3.63) is 59.2 Å². The van der Waals surface area contributed by atoms with Crippen LogP contribution in [-0.2, 0) is 25.0 Å². The number of hydrogen-bond donors (Lipinski definition) is 3. The number of Topliss-reactive ketones (excluding diaryl/α,β-unsaturated/α-hetero) is 1. The second-order valence-corrected chi connectivity index (χ2v) is 14.3. The second-order valence-electron chi connectivity index (χ2n) is 12.7. The minimum atomic E-state index is -4.29. The van der Waals surface area contributed by atoms with E-state index in [1.807, 2.05) is 19.1 Å². The van der Waals surface area contributed by atoms with E-state index in [1.165, 1.54) is 50.3 Å². The molecule has 1 unspecified atom stereocenters. The Morgan fingerprint density at radius 3 is 2.57 bits per heavy atom. The van der Waals surface area contributed by atoms with Crippen molar-refractivity contribution in [3.8, 4) is 0 Å². The number of rotatable bonds is 6. The molecule has 2 aromatic carbocycles. The van der Waals surface area contributed by atoms with Crippen molar-refractivity contribution in [1.29, 1.82) is 0 Å². The van der Waals surface area contributed by atoms with Gasteiger partial charge < -0.3 is 15.2 Å². The zero-order chi connectivity index (χ0) is 30.3. The second kappa shape index (κ2) is 11.2. The smallest absolute Gasteiger partial charge is 0.412 e. The lowest BCUT2D eigenvalue weighted by molar-refractivity contribution is -0.120. The van der Waals surface area contributed by atoms with Crippen LogP contribution in [-0.4, -0.2) is 36.8 Å². The number of benzene rings is 2. The van der Waals surface area contributed by atoms with Gasteiger partial charge in [-0.15, -0.1) is 4.40 Å². The number of fused-ring (bicyclic) bond motifs is 2. The number of sulfonamides is 1. The number of amidine groups is 1. The Bertz CT molecular complexity index is 1580. The third kappa shape index (κ3) is 5.95. The van der Waals surface area contributed by atoms with E-state index in [-0.39, 0.29) is 39.2 Å². The molecule has 2 aliphatic carbocycles. The molecular formula is C32H39N3O6S. The average molecular weight is 594 g/mol. The van der Waals surface area contributed by atoms with E-state index in [0.29, 0.717) is 17.9 Å². The van der Waals surface area contributed by atoms with E-state index in [2.05, 4.69) is 15.0 Å². The first-order valence-electron chi connectivity index (χ1n) is 14.6. The van der Waals surface area contributed by atoms with Gasteiger partial charge in [0.25, 0.3) is 10.0 Å². The summed E-state index contributed by atoms with van der Waals surface area (Å²) in [5.41, 5.74) is -0.199. The molecule has 0 radical (unpaired) electrons. The molecule has 1 heterocycles. The van der Waals surface area contributed by atoms with Crippen LogP contribution >= 0.6 is 0 Å². The fourth-order valence-electron chi connectivity index (χ4n) is 6.27. The Morgan fingerprint density at radius 2 is 1.86 bits per heavy atom. The Hall–Kier alpha value is -3.66. The van der Waals surface area contributed by atoms with E-state index in [4.69, 9.17) is 4.74 Å². The molecule has 0 saturated heterocycles. The summed E-state index contributed by atoms with van der Waals surface area (Å²) in [4.78, 5) is 26.3. The van der Waals surface area contributed by atoms with Crippen molar-refractivity contribution in [3.63, 3.8) is 0 Å². The molecule has 9 nitrogen and oxygen atoms in total. The predicted molar refractivity (Wildman–Crippen MR) is 163 cm³/mol. The van der Waals surface area contributed by atoms with Crippen molar-refractivity contribution >= 4 is 44.9 Å². The average Bonchev–Trinajstić information content (AvgIpc) is 2.92. The zero-order valence-corrected chi connectivity index (χ0v) is 25.4. The highest BCUT2D eigenvalue weighted by molar-refractivity contribution is 7.90. The van der Waals surface area contributed by atoms with Crippen LogP contribution < -0.4 is 10.6 Å². The molecule has 0 bridgehead atoms. The van der Waals surface area contributed by atoms with Gasteiger partial charge in [-0.25, -0.2) is 4.79 Å². The number of anilines is 2. The largest absolute Gasteiger partial charge is 0.506 e. The molecule has 42 heavy (non-hydrogen) atoms. The van der Waals surface area contributed by atoms with Gasteiger partial charge in [0.05, 0.1) is 11.1 Å². The molecule has 0 spiro atoms. The summed E-state index contributed by atoms with van der Waals surface area (Å²) in [5, 5.41) is 16.8. The van der Waals surface area contributed by atoms with Gasteiger partial charge in [0.1, 0.15) is 21.8 Å². The first kappa shape index (κ1) is 29.8. The van der Waals surface area contributed by atoms with Crippen LogP contribution in [0.1, 0.15) is 90.2 Å². The molecule has 1 saturated carbocycles. The Morgan fingerprint density at radius 1 is 1.14 bits per heavy atom.